The van der Waals surface area contributed by atoms with Crippen molar-refractivity contribution in [1.82, 2.24) is 0 Å². The second-order valence-corrected chi connectivity index (χ2v) is 21.2. The number of esters is 3. The van der Waals surface area contributed by atoms with Crippen molar-refractivity contribution < 1.29 is 28.6 Å². The molecule has 0 aliphatic heterocycles. The molecule has 0 radical (unpaired) electrons. The molecule has 0 aromatic heterocycles. The number of unbranched alkanes of at least 4 members (excludes halogenated alkanes) is 38. The Morgan fingerprint density at radius 1 is 0.292 bits per heavy atom. The Morgan fingerprint density at radius 3 is 0.754 bits per heavy atom. The Kier molecular flexibility index (Phi) is 50.5. The molecule has 0 heterocycles. The Hall–Kier alpha value is -1.59. The molecule has 0 fully saturated rings. The highest BCUT2D eigenvalue weighted by molar-refractivity contribution is 5.71. The summed E-state index contributed by atoms with van der Waals surface area (Å²) in [6.07, 6.45) is 55.2. The van der Waals surface area contributed by atoms with E-state index in [0.29, 0.717) is 19.3 Å². The molecule has 386 valence electrons. The van der Waals surface area contributed by atoms with Gasteiger partial charge in [0.15, 0.2) is 6.10 Å². The number of carbonyl (C=O) groups is 3. The molecule has 0 aliphatic carbocycles. The SMILES string of the molecule is CCCCCCCCCCCCCCCC(=O)OC[C@@H](COC(=O)CCCCCCCCCCCCCCCC(C)C)OC(=O)CCCCCCCCCCCCCCCCCC(C)C. The van der Waals surface area contributed by atoms with Crippen LogP contribution in [0.15, 0.2) is 0 Å². The summed E-state index contributed by atoms with van der Waals surface area (Å²) < 4.78 is 16.9. The van der Waals surface area contributed by atoms with Crippen LogP contribution in [0.2, 0.25) is 0 Å². The first-order valence-electron chi connectivity index (χ1n) is 29.2. The van der Waals surface area contributed by atoms with Gasteiger partial charge in [0.05, 0.1) is 0 Å². The molecule has 0 amide bonds. The molecule has 0 bridgehead atoms. The van der Waals surface area contributed by atoms with Crippen LogP contribution < -0.4 is 0 Å². The van der Waals surface area contributed by atoms with Crippen molar-refractivity contribution in [2.75, 3.05) is 13.2 Å². The smallest absolute Gasteiger partial charge is 0.306 e. The van der Waals surface area contributed by atoms with Crippen molar-refractivity contribution in [2.24, 2.45) is 11.8 Å². The third-order valence-electron chi connectivity index (χ3n) is 13.5. The summed E-state index contributed by atoms with van der Waals surface area (Å²) in [7, 11) is 0. The maximum atomic E-state index is 12.9. The molecule has 0 aromatic carbocycles. The first-order valence-corrected chi connectivity index (χ1v) is 29.2. The molecule has 0 rings (SSSR count). The Labute approximate surface area is 406 Å². The summed E-state index contributed by atoms with van der Waals surface area (Å²) in [4.78, 5) is 38.1. The largest absolute Gasteiger partial charge is 0.462 e. The van der Waals surface area contributed by atoms with Crippen molar-refractivity contribution >= 4 is 17.9 Å². The fourth-order valence-corrected chi connectivity index (χ4v) is 9.05. The van der Waals surface area contributed by atoms with Crippen LogP contribution in [0.1, 0.15) is 330 Å². The Bertz CT molecular complexity index is 993. The van der Waals surface area contributed by atoms with Crippen LogP contribution in [0.5, 0.6) is 0 Å². The van der Waals surface area contributed by atoms with Gasteiger partial charge in [-0.25, -0.2) is 0 Å². The third-order valence-corrected chi connectivity index (χ3v) is 13.5. The fourth-order valence-electron chi connectivity index (χ4n) is 9.05. The standard InChI is InChI=1S/C59H114O6/c1-6-7-8-9-10-11-12-17-24-29-34-39-44-49-57(60)63-52-56(53-64-58(61)50-45-40-35-30-25-21-16-19-23-28-33-38-43-48-55(4)5)65-59(62)51-46-41-36-31-26-20-15-13-14-18-22-27-32-37-42-47-54(2)3/h54-56H,6-53H2,1-5H3/t56-/m0/s1. The van der Waals surface area contributed by atoms with E-state index in [0.717, 1.165) is 69.6 Å². The zero-order chi connectivity index (χ0) is 47.5. The van der Waals surface area contributed by atoms with E-state index in [9.17, 15) is 14.4 Å². The molecule has 0 N–H and O–H groups in total. The number of hydrogen-bond acceptors (Lipinski definition) is 6. The van der Waals surface area contributed by atoms with E-state index >= 15 is 0 Å². The molecule has 0 saturated carbocycles. The molecule has 1 atom stereocenters. The van der Waals surface area contributed by atoms with Gasteiger partial charge in [0.25, 0.3) is 0 Å². The van der Waals surface area contributed by atoms with Crippen LogP contribution in [0.3, 0.4) is 0 Å². The molecule has 6 heteroatoms. The van der Waals surface area contributed by atoms with Gasteiger partial charge in [0, 0.05) is 19.3 Å². The zero-order valence-corrected chi connectivity index (χ0v) is 44.6. The second kappa shape index (κ2) is 51.8. The summed E-state index contributed by atoms with van der Waals surface area (Å²) >= 11 is 0. The molecular weight excluding hydrogens is 805 g/mol. The van der Waals surface area contributed by atoms with E-state index in [1.807, 2.05) is 0 Å². The van der Waals surface area contributed by atoms with Gasteiger partial charge in [-0.3, -0.25) is 14.4 Å². The summed E-state index contributed by atoms with van der Waals surface area (Å²) in [5.74, 6) is 0.850. The lowest BCUT2D eigenvalue weighted by Crippen LogP contribution is -2.30. The van der Waals surface area contributed by atoms with Gasteiger partial charge in [-0.05, 0) is 31.1 Å². The van der Waals surface area contributed by atoms with Gasteiger partial charge in [-0.1, -0.05) is 291 Å². The maximum absolute atomic E-state index is 12.9. The molecule has 6 nitrogen and oxygen atoms in total. The van der Waals surface area contributed by atoms with Crippen molar-refractivity contribution in [3.8, 4) is 0 Å². The van der Waals surface area contributed by atoms with Gasteiger partial charge in [0.1, 0.15) is 13.2 Å². The van der Waals surface area contributed by atoms with Crippen LogP contribution in [0.4, 0.5) is 0 Å². The maximum Gasteiger partial charge on any atom is 0.306 e. The Morgan fingerprint density at radius 2 is 0.508 bits per heavy atom. The monoisotopic (exact) mass is 919 g/mol. The van der Waals surface area contributed by atoms with Crippen LogP contribution in [0, 0.1) is 11.8 Å². The van der Waals surface area contributed by atoms with Crippen LogP contribution >= 0.6 is 0 Å². The Balaban J connectivity index is 4.29. The van der Waals surface area contributed by atoms with E-state index < -0.39 is 6.10 Å². The minimum atomic E-state index is -0.762. The molecular formula is C59H114O6. The van der Waals surface area contributed by atoms with Gasteiger partial charge >= 0.3 is 17.9 Å². The summed E-state index contributed by atoms with van der Waals surface area (Å²) in [6, 6.07) is 0. The molecule has 0 unspecified atom stereocenters. The number of hydrogen-bond donors (Lipinski definition) is 0. The topological polar surface area (TPSA) is 78.9 Å². The highest BCUT2D eigenvalue weighted by Gasteiger charge is 2.19. The lowest BCUT2D eigenvalue weighted by atomic mass is 10.0. The lowest BCUT2D eigenvalue weighted by Gasteiger charge is -2.18. The number of carbonyl (C=O) groups excluding carboxylic acids is 3. The number of ether oxygens (including phenoxy) is 3. The average molecular weight is 920 g/mol. The summed E-state index contributed by atoms with van der Waals surface area (Å²) in [5.41, 5.74) is 0. The van der Waals surface area contributed by atoms with Crippen LogP contribution in [-0.4, -0.2) is 37.2 Å². The molecule has 0 aliphatic rings. The highest BCUT2D eigenvalue weighted by Crippen LogP contribution is 2.18. The van der Waals surface area contributed by atoms with E-state index in [2.05, 4.69) is 34.6 Å². The molecule has 0 spiro atoms. The van der Waals surface area contributed by atoms with Gasteiger partial charge in [-0.15, -0.1) is 0 Å². The van der Waals surface area contributed by atoms with E-state index in [4.69, 9.17) is 14.2 Å². The quantitative estimate of drug-likeness (QED) is 0.0344. The second-order valence-electron chi connectivity index (χ2n) is 21.2. The first-order chi connectivity index (χ1) is 31.7. The predicted octanol–water partition coefficient (Wildman–Crippen LogP) is 19.3. The first kappa shape index (κ1) is 63.4. The normalized spacial score (nSPS) is 12.0. The minimum absolute atomic E-state index is 0.0625. The van der Waals surface area contributed by atoms with Crippen molar-refractivity contribution in [3.63, 3.8) is 0 Å². The fraction of sp³-hybridized carbons (Fsp3) is 0.949. The molecule has 0 saturated heterocycles. The zero-order valence-electron chi connectivity index (χ0n) is 44.6. The predicted molar refractivity (Wildman–Crippen MR) is 280 cm³/mol. The van der Waals surface area contributed by atoms with E-state index in [-0.39, 0.29) is 31.1 Å². The van der Waals surface area contributed by atoms with Crippen LogP contribution in [0.25, 0.3) is 0 Å². The highest BCUT2D eigenvalue weighted by atomic mass is 16.6. The third kappa shape index (κ3) is 53.2. The number of rotatable bonds is 53. The molecule has 0 aromatic rings. The minimum Gasteiger partial charge on any atom is -0.462 e. The average Bonchev–Trinajstić information content (AvgIpc) is 3.28. The summed E-state index contributed by atoms with van der Waals surface area (Å²) in [5, 5.41) is 0. The van der Waals surface area contributed by atoms with Crippen molar-refractivity contribution in [1.29, 1.82) is 0 Å². The lowest BCUT2D eigenvalue weighted by molar-refractivity contribution is -0.167. The van der Waals surface area contributed by atoms with E-state index in [1.165, 1.54) is 218 Å². The van der Waals surface area contributed by atoms with Crippen molar-refractivity contribution in [3.05, 3.63) is 0 Å². The van der Waals surface area contributed by atoms with Crippen molar-refractivity contribution in [2.45, 2.75) is 336 Å². The summed E-state index contributed by atoms with van der Waals surface area (Å²) in [6.45, 7) is 11.4. The van der Waals surface area contributed by atoms with Gasteiger partial charge < -0.3 is 14.2 Å². The molecule has 65 heavy (non-hydrogen) atoms. The van der Waals surface area contributed by atoms with E-state index in [1.54, 1.807) is 0 Å². The van der Waals surface area contributed by atoms with Gasteiger partial charge in [0.2, 0.25) is 0 Å². The van der Waals surface area contributed by atoms with Gasteiger partial charge in [-0.2, -0.15) is 0 Å². The van der Waals surface area contributed by atoms with Crippen LogP contribution in [-0.2, 0) is 28.6 Å².